The molecule has 7 heteroatoms. The van der Waals surface area contributed by atoms with Crippen LogP contribution in [0.5, 0.6) is 5.75 Å². The van der Waals surface area contributed by atoms with E-state index in [9.17, 15) is 9.90 Å². The van der Waals surface area contributed by atoms with Crippen LogP contribution in [0.15, 0.2) is 12.1 Å². The van der Waals surface area contributed by atoms with E-state index in [1.807, 2.05) is 4.90 Å². The molecule has 0 radical (unpaired) electrons. The summed E-state index contributed by atoms with van der Waals surface area (Å²) in [5.74, 6) is 0.156. The first kappa shape index (κ1) is 17.8. The van der Waals surface area contributed by atoms with Crippen molar-refractivity contribution in [1.82, 2.24) is 9.80 Å². The maximum absolute atomic E-state index is 12.5. The van der Waals surface area contributed by atoms with Gasteiger partial charge in [-0.2, -0.15) is 0 Å². The van der Waals surface area contributed by atoms with Gasteiger partial charge in [0.05, 0.1) is 5.02 Å². The van der Waals surface area contributed by atoms with Gasteiger partial charge in [-0.15, -0.1) is 0 Å². The van der Waals surface area contributed by atoms with Gasteiger partial charge in [-0.3, -0.25) is 9.69 Å². The van der Waals surface area contributed by atoms with Crippen LogP contribution in [-0.2, 0) is 16.1 Å². The van der Waals surface area contributed by atoms with E-state index in [0.29, 0.717) is 29.7 Å². The molecule has 0 saturated carbocycles. The molecule has 1 atom stereocenters. The summed E-state index contributed by atoms with van der Waals surface area (Å²) in [5, 5.41) is 10.6. The molecule has 0 aliphatic carbocycles. The average molecular weight is 373 g/mol. The molecule has 2 aliphatic rings. The Morgan fingerprint density at radius 1 is 1.21 bits per heavy atom. The van der Waals surface area contributed by atoms with Crippen LogP contribution in [0.25, 0.3) is 0 Å². The Morgan fingerprint density at radius 2 is 2.04 bits per heavy atom. The Labute approximate surface area is 152 Å². The van der Waals surface area contributed by atoms with Gasteiger partial charge in [0.1, 0.15) is 11.9 Å². The number of phenols is 1. The predicted octanol–water partition coefficient (Wildman–Crippen LogP) is 2.91. The molecule has 3 rings (SSSR count). The lowest BCUT2D eigenvalue weighted by atomic mass is 10.2. The molecule has 1 aromatic rings. The third-order valence-electron chi connectivity index (χ3n) is 4.65. The molecular weight excluding hydrogens is 351 g/mol. The monoisotopic (exact) mass is 372 g/mol. The van der Waals surface area contributed by atoms with Crippen LogP contribution in [0.2, 0.25) is 10.0 Å². The number of carbonyl (C=O) groups excluding carboxylic acids is 1. The van der Waals surface area contributed by atoms with E-state index in [4.69, 9.17) is 27.9 Å². The summed E-state index contributed by atoms with van der Waals surface area (Å²) >= 11 is 12.4. The molecule has 0 bridgehead atoms. The number of hydrogen-bond acceptors (Lipinski definition) is 4. The molecule has 132 valence electrons. The standard InChI is InChI=1S/C17H22Cl2N2O3/c18-13-4-5-14(22)16(19)12(13)11-20-6-2-7-21(9-8-20)17(23)15-3-1-10-24-15/h4-5,15,22H,1-3,6-11H2/t15-/m1/s1. The normalized spacial score (nSPS) is 22.6. The van der Waals surface area contributed by atoms with Crippen LogP contribution in [0, 0.1) is 0 Å². The topological polar surface area (TPSA) is 53.0 Å². The van der Waals surface area contributed by atoms with Crippen molar-refractivity contribution in [2.24, 2.45) is 0 Å². The molecule has 2 fully saturated rings. The molecule has 2 saturated heterocycles. The van der Waals surface area contributed by atoms with Gasteiger partial charge in [-0.05, 0) is 31.4 Å². The zero-order chi connectivity index (χ0) is 17.1. The Kier molecular flexibility index (Phi) is 5.87. The third-order valence-corrected chi connectivity index (χ3v) is 5.43. The van der Waals surface area contributed by atoms with Crippen LogP contribution in [0.4, 0.5) is 0 Å². The number of phenolic OH excluding ortho intramolecular Hbond substituents is 1. The number of nitrogens with zero attached hydrogens (tertiary/aromatic N) is 2. The second kappa shape index (κ2) is 7.91. The summed E-state index contributed by atoms with van der Waals surface area (Å²) < 4.78 is 5.51. The summed E-state index contributed by atoms with van der Waals surface area (Å²) in [7, 11) is 0. The zero-order valence-corrected chi connectivity index (χ0v) is 15.0. The Morgan fingerprint density at radius 3 is 2.79 bits per heavy atom. The van der Waals surface area contributed by atoms with Gasteiger partial charge in [0.15, 0.2) is 0 Å². The molecule has 1 N–H and O–H groups in total. The number of carbonyl (C=O) groups is 1. The molecular formula is C17H22Cl2N2O3. The van der Waals surface area contributed by atoms with Gasteiger partial charge < -0.3 is 14.7 Å². The number of halogens is 2. The maximum Gasteiger partial charge on any atom is 0.251 e. The number of aromatic hydroxyl groups is 1. The summed E-state index contributed by atoms with van der Waals surface area (Å²) in [6.45, 7) is 4.28. The van der Waals surface area contributed by atoms with Crippen LogP contribution >= 0.6 is 23.2 Å². The van der Waals surface area contributed by atoms with Gasteiger partial charge in [-0.1, -0.05) is 23.2 Å². The zero-order valence-electron chi connectivity index (χ0n) is 13.5. The minimum Gasteiger partial charge on any atom is -0.506 e. The highest BCUT2D eigenvalue weighted by molar-refractivity contribution is 6.36. The molecule has 2 aliphatic heterocycles. The van der Waals surface area contributed by atoms with Crippen molar-refractivity contribution >= 4 is 29.1 Å². The lowest BCUT2D eigenvalue weighted by Gasteiger charge is -2.24. The van der Waals surface area contributed by atoms with Gasteiger partial charge in [0, 0.05) is 49.9 Å². The fraction of sp³-hybridized carbons (Fsp3) is 0.588. The lowest BCUT2D eigenvalue weighted by Crippen LogP contribution is -2.41. The molecule has 2 heterocycles. The van der Waals surface area contributed by atoms with Crippen molar-refractivity contribution in [2.45, 2.75) is 31.9 Å². The van der Waals surface area contributed by atoms with E-state index in [-0.39, 0.29) is 17.8 Å². The summed E-state index contributed by atoms with van der Waals surface area (Å²) in [4.78, 5) is 16.6. The fourth-order valence-corrected chi connectivity index (χ4v) is 3.77. The second-order valence-electron chi connectivity index (χ2n) is 6.32. The number of amides is 1. The highest BCUT2D eigenvalue weighted by Gasteiger charge is 2.29. The summed E-state index contributed by atoms with van der Waals surface area (Å²) in [6.07, 6.45) is 2.43. The van der Waals surface area contributed by atoms with Crippen molar-refractivity contribution in [2.75, 3.05) is 32.8 Å². The highest BCUT2D eigenvalue weighted by Crippen LogP contribution is 2.33. The number of benzene rings is 1. The van der Waals surface area contributed by atoms with Crippen molar-refractivity contribution < 1.29 is 14.6 Å². The van der Waals surface area contributed by atoms with Gasteiger partial charge in [0.25, 0.3) is 5.91 Å². The van der Waals surface area contributed by atoms with E-state index in [1.54, 1.807) is 6.07 Å². The van der Waals surface area contributed by atoms with E-state index in [2.05, 4.69) is 4.90 Å². The van der Waals surface area contributed by atoms with Gasteiger partial charge in [0.2, 0.25) is 0 Å². The van der Waals surface area contributed by atoms with E-state index < -0.39 is 0 Å². The van der Waals surface area contributed by atoms with Crippen LogP contribution in [0.3, 0.4) is 0 Å². The highest BCUT2D eigenvalue weighted by atomic mass is 35.5. The first-order valence-electron chi connectivity index (χ1n) is 8.35. The third kappa shape index (κ3) is 3.97. The number of hydrogen-bond donors (Lipinski definition) is 1. The van der Waals surface area contributed by atoms with Crippen LogP contribution in [0.1, 0.15) is 24.8 Å². The molecule has 1 aromatic carbocycles. The molecule has 0 spiro atoms. The predicted molar refractivity (Wildman–Crippen MR) is 93.6 cm³/mol. The minimum absolute atomic E-state index is 0.0427. The summed E-state index contributed by atoms with van der Waals surface area (Å²) in [6, 6.07) is 3.15. The number of ether oxygens (including phenoxy) is 1. The Balaban J connectivity index is 1.62. The average Bonchev–Trinajstić information content (AvgIpc) is 3.01. The van der Waals surface area contributed by atoms with Crippen LogP contribution in [-0.4, -0.2) is 59.7 Å². The number of rotatable bonds is 3. The fourth-order valence-electron chi connectivity index (χ4n) is 3.28. The summed E-state index contributed by atoms with van der Waals surface area (Å²) in [5.41, 5.74) is 0.734. The Bertz CT molecular complexity index is 606. The van der Waals surface area contributed by atoms with Gasteiger partial charge in [-0.25, -0.2) is 0 Å². The van der Waals surface area contributed by atoms with Crippen molar-refractivity contribution in [3.8, 4) is 5.75 Å². The first-order valence-corrected chi connectivity index (χ1v) is 9.10. The molecule has 0 unspecified atom stereocenters. The van der Waals surface area contributed by atoms with Crippen molar-refractivity contribution in [1.29, 1.82) is 0 Å². The smallest absolute Gasteiger partial charge is 0.251 e. The van der Waals surface area contributed by atoms with Crippen molar-refractivity contribution in [3.05, 3.63) is 27.7 Å². The molecule has 1 amide bonds. The maximum atomic E-state index is 12.5. The van der Waals surface area contributed by atoms with E-state index in [0.717, 1.165) is 44.5 Å². The second-order valence-corrected chi connectivity index (χ2v) is 7.10. The quantitative estimate of drug-likeness (QED) is 0.885. The van der Waals surface area contributed by atoms with Crippen LogP contribution < -0.4 is 0 Å². The molecule has 24 heavy (non-hydrogen) atoms. The largest absolute Gasteiger partial charge is 0.506 e. The van der Waals surface area contributed by atoms with E-state index in [1.165, 1.54) is 6.07 Å². The van der Waals surface area contributed by atoms with E-state index >= 15 is 0 Å². The minimum atomic E-state index is -0.258. The lowest BCUT2D eigenvalue weighted by molar-refractivity contribution is -0.140. The Hall–Kier alpha value is -1.01. The first-order chi connectivity index (χ1) is 11.6. The SMILES string of the molecule is O=C([C@H]1CCCO1)N1CCCN(Cc2c(Cl)ccc(O)c2Cl)CC1. The molecule has 0 aromatic heterocycles. The molecule has 5 nitrogen and oxygen atoms in total. The van der Waals surface area contributed by atoms with Gasteiger partial charge >= 0.3 is 0 Å². The van der Waals surface area contributed by atoms with Crippen molar-refractivity contribution in [3.63, 3.8) is 0 Å².